The minimum atomic E-state index is -0.610. The third kappa shape index (κ3) is 1.95. The van der Waals surface area contributed by atoms with Gasteiger partial charge in [0.15, 0.2) is 0 Å². The first-order valence-corrected chi connectivity index (χ1v) is 6.60. The van der Waals surface area contributed by atoms with E-state index in [-0.39, 0.29) is 17.1 Å². The highest BCUT2D eigenvalue weighted by molar-refractivity contribution is 6.06. The lowest BCUT2D eigenvalue weighted by Crippen LogP contribution is -2.12. The Morgan fingerprint density at radius 2 is 2.05 bits per heavy atom. The molecule has 1 aromatic carbocycles. The summed E-state index contributed by atoms with van der Waals surface area (Å²) in [4.78, 5) is 16.0. The third-order valence-electron chi connectivity index (χ3n) is 3.64. The van der Waals surface area contributed by atoms with E-state index >= 15 is 0 Å². The Bertz CT molecular complexity index is 885. The summed E-state index contributed by atoms with van der Waals surface area (Å²) < 4.78 is 4.73. The van der Waals surface area contributed by atoms with Crippen LogP contribution in [0.5, 0.6) is 0 Å². The van der Waals surface area contributed by atoms with Gasteiger partial charge in [-0.05, 0) is 24.1 Å². The van der Waals surface area contributed by atoms with Crippen molar-refractivity contribution in [2.45, 2.75) is 6.92 Å². The lowest BCUT2D eigenvalue weighted by Gasteiger charge is -2.14. The maximum absolute atomic E-state index is 11.9. The van der Waals surface area contributed by atoms with Gasteiger partial charge < -0.3 is 16.2 Å². The van der Waals surface area contributed by atoms with E-state index in [0.29, 0.717) is 5.56 Å². The zero-order valence-corrected chi connectivity index (χ0v) is 12.2. The monoisotopic (exact) mass is 297 g/mol. The highest BCUT2D eigenvalue weighted by atomic mass is 16.5. The quantitative estimate of drug-likeness (QED) is 0.621. The predicted molar refractivity (Wildman–Crippen MR) is 84.2 cm³/mol. The van der Waals surface area contributed by atoms with Crippen LogP contribution in [0, 0.1) is 6.92 Å². The summed E-state index contributed by atoms with van der Waals surface area (Å²) in [7, 11) is 1.27. The van der Waals surface area contributed by atoms with Crippen LogP contribution >= 0.6 is 0 Å². The number of nitrogen functional groups attached to an aromatic ring is 2. The summed E-state index contributed by atoms with van der Waals surface area (Å²) in [6, 6.07) is 3.88. The molecule has 2 heterocycles. The molecule has 2 aromatic heterocycles. The number of hydrogen-bond donors (Lipinski definition) is 3. The number of fused-ring (bicyclic) bond motifs is 1. The SMILES string of the molecule is COC(=O)c1c(N)ncc(-c2c(C)ccc3[nH]ncc23)c1N. The van der Waals surface area contributed by atoms with E-state index in [1.54, 1.807) is 12.4 Å². The first-order valence-electron chi connectivity index (χ1n) is 6.60. The van der Waals surface area contributed by atoms with Crippen LogP contribution in [0.3, 0.4) is 0 Å². The molecule has 0 atom stereocenters. The second-order valence-electron chi connectivity index (χ2n) is 4.93. The van der Waals surface area contributed by atoms with E-state index < -0.39 is 5.97 Å². The van der Waals surface area contributed by atoms with Gasteiger partial charge in [-0.15, -0.1) is 0 Å². The smallest absolute Gasteiger partial charge is 0.343 e. The summed E-state index contributed by atoms with van der Waals surface area (Å²) in [5, 5.41) is 7.85. The van der Waals surface area contributed by atoms with Crippen molar-refractivity contribution in [3.05, 3.63) is 35.7 Å². The number of anilines is 2. The van der Waals surface area contributed by atoms with Crippen molar-refractivity contribution >= 4 is 28.4 Å². The summed E-state index contributed by atoms with van der Waals surface area (Å²) in [6.07, 6.45) is 3.27. The molecule has 0 amide bonds. The zero-order chi connectivity index (χ0) is 15.9. The van der Waals surface area contributed by atoms with Crippen LogP contribution in [-0.2, 0) is 4.74 Å². The molecule has 0 aliphatic carbocycles. The number of pyridine rings is 1. The molecule has 3 rings (SSSR count). The Morgan fingerprint density at radius 3 is 2.77 bits per heavy atom. The van der Waals surface area contributed by atoms with Gasteiger partial charge in [-0.2, -0.15) is 5.10 Å². The van der Waals surface area contributed by atoms with E-state index in [9.17, 15) is 4.79 Å². The summed E-state index contributed by atoms with van der Waals surface area (Å²) in [6.45, 7) is 1.95. The van der Waals surface area contributed by atoms with E-state index in [1.165, 1.54) is 7.11 Å². The maximum atomic E-state index is 11.9. The van der Waals surface area contributed by atoms with Gasteiger partial charge >= 0.3 is 5.97 Å². The fraction of sp³-hybridized carbons (Fsp3) is 0.133. The Morgan fingerprint density at radius 1 is 1.27 bits per heavy atom. The fourth-order valence-electron chi connectivity index (χ4n) is 2.54. The van der Waals surface area contributed by atoms with Crippen molar-refractivity contribution in [3.63, 3.8) is 0 Å². The van der Waals surface area contributed by atoms with Gasteiger partial charge in [-0.25, -0.2) is 9.78 Å². The number of carbonyl (C=O) groups is 1. The van der Waals surface area contributed by atoms with E-state index in [4.69, 9.17) is 16.2 Å². The lowest BCUT2D eigenvalue weighted by molar-refractivity contribution is 0.0603. The molecule has 0 fully saturated rings. The van der Waals surface area contributed by atoms with Crippen LogP contribution in [0.2, 0.25) is 0 Å². The van der Waals surface area contributed by atoms with Crippen LogP contribution in [0.25, 0.3) is 22.0 Å². The number of nitrogens with two attached hydrogens (primary N) is 2. The Kier molecular flexibility index (Phi) is 3.17. The van der Waals surface area contributed by atoms with Gasteiger partial charge in [0.1, 0.15) is 11.4 Å². The highest BCUT2D eigenvalue weighted by Gasteiger charge is 2.21. The molecule has 0 saturated heterocycles. The standard InChI is InChI=1S/C15H15N5O2/c1-7-3-4-10-8(6-19-20-10)11(7)9-5-18-14(17)12(13(9)16)15(21)22-2/h3-6H,1-2H3,(H,19,20)(H4,16,17,18). The number of aromatic nitrogens is 3. The molecule has 7 heteroatoms. The number of carbonyl (C=O) groups excluding carboxylic acids is 1. The normalized spacial score (nSPS) is 10.8. The molecule has 0 bridgehead atoms. The third-order valence-corrected chi connectivity index (χ3v) is 3.64. The minimum Gasteiger partial charge on any atom is -0.465 e. The van der Waals surface area contributed by atoms with Gasteiger partial charge in [0.25, 0.3) is 0 Å². The fourth-order valence-corrected chi connectivity index (χ4v) is 2.54. The van der Waals surface area contributed by atoms with Gasteiger partial charge in [0.05, 0.1) is 24.5 Å². The minimum absolute atomic E-state index is 0.0464. The van der Waals surface area contributed by atoms with Gasteiger partial charge in [0.2, 0.25) is 0 Å². The zero-order valence-electron chi connectivity index (χ0n) is 12.2. The number of H-pyrrole nitrogens is 1. The molecule has 0 aliphatic rings. The molecule has 22 heavy (non-hydrogen) atoms. The molecule has 0 unspecified atom stereocenters. The Labute approximate surface area is 126 Å². The molecule has 7 nitrogen and oxygen atoms in total. The Hall–Kier alpha value is -3.09. The second kappa shape index (κ2) is 5.03. The number of ether oxygens (including phenoxy) is 1. The van der Waals surface area contributed by atoms with Crippen molar-refractivity contribution in [2.24, 2.45) is 0 Å². The summed E-state index contributed by atoms with van der Waals surface area (Å²) >= 11 is 0. The number of aromatic amines is 1. The molecule has 3 aromatic rings. The molecule has 0 radical (unpaired) electrons. The number of nitrogens with zero attached hydrogens (tertiary/aromatic N) is 2. The molecule has 0 aliphatic heterocycles. The molecule has 0 saturated carbocycles. The lowest BCUT2D eigenvalue weighted by atomic mass is 9.95. The molecular formula is C15H15N5O2. The topological polar surface area (TPSA) is 120 Å². The van der Waals surface area contributed by atoms with Crippen LogP contribution in [0.15, 0.2) is 24.5 Å². The van der Waals surface area contributed by atoms with Gasteiger partial charge in [-0.3, -0.25) is 5.10 Å². The maximum Gasteiger partial charge on any atom is 0.343 e. The number of aryl methyl sites for hydroxylation is 1. The van der Waals surface area contributed by atoms with E-state index in [2.05, 4.69) is 15.2 Å². The van der Waals surface area contributed by atoms with Crippen molar-refractivity contribution < 1.29 is 9.53 Å². The second-order valence-corrected chi connectivity index (χ2v) is 4.93. The van der Waals surface area contributed by atoms with Crippen molar-refractivity contribution in [3.8, 4) is 11.1 Å². The van der Waals surface area contributed by atoms with Crippen LogP contribution in [0.1, 0.15) is 15.9 Å². The van der Waals surface area contributed by atoms with Crippen LogP contribution < -0.4 is 11.5 Å². The number of methoxy groups -OCH3 is 1. The van der Waals surface area contributed by atoms with Gasteiger partial charge in [0, 0.05) is 17.1 Å². The van der Waals surface area contributed by atoms with Crippen molar-refractivity contribution in [1.82, 2.24) is 15.2 Å². The van der Waals surface area contributed by atoms with Gasteiger partial charge in [-0.1, -0.05) is 6.07 Å². The number of benzene rings is 1. The number of hydrogen-bond acceptors (Lipinski definition) is 6. The molecule has 5 N–H and O–H groups in total. The average molecular weight is 297 g/mol. The van der Waals surface area contributed by atoms with Crippen LogP contribution in [0.4, 0.5) is 11.5 Å². The summed E-state index contributed by atoms with van der Waals surface area (Å²) in [5.74, 6) is -0.563. The Balaban J connectivity index is 2.35. The van der Waals surface area contributed by atoms with Crippen molar-refractivity contribution in [1.29, 1.82) is 0 Å². The molecular weight excluding hydrogens is 282 g/mol. The van der Waals surface area contributed by atoms with Crippen LogP contribution in [-0.4, -0.2) is 28.3 Å². The molecule has 112 valence electrons. The predicted octanol–water partition coefficient (Wildman–Crippen LogP) is 1.88. The summed E-state index contributed by atoms with van der Waals surface area (Å²) in [5.41, 5.74) is 15.6. The molecule has 0 spiro atoms. The van der Waals surface area contributed by atoms with E-state index in [1.807, 2.05) is 19.1 Å². The average Bonchev–Trinajstić information content (AvgIpc) is 2.96. The van der Waals surface area contributed by atoms with E-state index in [0.717, 1.165) is 22.0 Å². The first kappa shape index (κ1) is 13.9. The van der Waals surface area contributed by atoms with Crippen molar-refractivity contribution in [2.75, 3.05) is 18.6 Å². The highest BCUT2D eigenvalue weighted by Crippen LogP contribution is 2.37. The number of esters is 1. The number of rotatable bonds is 2. The largest absolute Gasteiger partial charge is 0.465 e. The first-order chi connectivity index (χ1) is 10.5. The number of nitrogens with one attached hydrogen (secondary N) is 1.